The van der Waals surface area contributed by atoms with Crippen LogP contribution in [0.1, 0.15) is 23.6 Å². The summed E-state index contributed by atoms with van der Waals surface area (Å²) in [6, 6.07) is 8.69. The third-order valence-electron chi connectivity index (χ3n) is 4.65. The number of aliphatic imine (C=N–C) groups is 1. The standard InChI is InChI=1S/C22H28FN3O4.HI/c1-4-24-22(26-12-15-5-6-19(27-2)20(9-15)28-3)25-8-7-16-10-18(23)11-17-13-29-14-30-21(16)17;/h5-6,9-11H,4,7-8,12-14H2,1-3H3,(H2,24,25,26);1H. The van der Waals surface area contributed by atoms with Gasteiger partial charge < -0.3 is 29.6 Å². The van der Waals surface area contributed by atoms with Gasteiger partial charge in [-0.2, -0.15) is 0 Å². The number of guanidine groups is 1. The van der Waals surface area contributed by atoms with E-state index in [0.29, 0.717) is 43.6 Å². The average Bonchev–Trinajstić information content (AvgIpc) is 2.77. The molecule has 1 heterocycles. The van der Waals surface area contributed by atoms with Gasteiger partial charge >= 0.3 is 0 Å². The molecule has 0 atom stereocenters. The first kappa shape index (κ1) is 25.0. The van der Waals surface area contributed by atoms with Crippen molar-refractivity contribution in [1.82, 2.24) is 10.6 Å². The quantitative estimate of drug-likeness (QED) is 0.300. The molecule has 2 aromatic carbocycles. The lowest BCUT2D eigenvalue weighted by atomic mass is 10.1. The molecule has 2 aromatic rings. The van der Waals surface area contributed by atoms with Crippen LogP contribution in [0.3, 0.4) is 0 Å². The van der Waals surface area contributed by atoms with Gasteiger partial charge in [-0.1, -0.05) is 6.07 Å². The van der Waals surface area contributed by atoms with Gasteiger partial charge in [-0.3, -0.25) is 0 Å². The molecule has 3 rings (SSSR count). The van der Waals surface area contributed by atoms with E-state index in [9.17, 15) is 4.39 Å². The van der Waals surface area contributed by atoms with Crippen molar-refractivity contribution in [2.24, 2.45) is 4.99 Å². The molecule has 0 aliphatic carbocycles. The van der Waals surface area contributed by atoms with Gasteiger partial charge in [0.2, 0.25) is 0 Å². The van der Waals surface area contributed by atoms with Gasteiger partial charge in [0.25, 0.3) is 0 Å². The summed E-state index contributed by atoms with van der Waals surface area (Å²) < 4.78 is 35.3. The van der Waals surface area contributed by atoms with Gasteiger partial charge in [0.05, 0.1) is 27.4 Å². The highest BCUT2D eigenvalue weighted by atomic mass is 127. The second-order valence-electron chi connectivity index (χ2n) is 6.73. The number of nitrogens with one attached hydrogen (secondary N) is 2. The van der Waals surface area contributed by atoms with E-state index < -0.39 is 0 Å². The van der Waals surface area contributed by atoms with E-state index in [1.807, 2.05) is 25.1 Å². The Morgan fingerprint density at radius 2 is 1.94 bits per heavy atom. The number of ether oxygens (including phenoxy) is 4. The number of hydrogen-bond acceptors (Lipinski definition) is 5. The van der Waals surface area contributed by atoms with Crippen molar-refractivity contribution in [1.29, 1.82) is 0 Å². The molecule has 0 saturated carbocycles. The smallest absolute Gasteiger partial charge is 0.191 e. The fraction of sp³-hybridized carbons (Fsp3) is 0.409. The van der Waals surface area contributed by atoms with Crippen molar-refractivity contribution in [2.75, 3.05) is 34.1 Å². The third kappa shape index (κ3) is 6.86. The van der Waals surface area contributed by atoms with Crippen molar-refractivity contribution in [3.63, 3.8) is 0 Å². The lowest BCUT2D eigenvalue weighted by Crippen LogP contribution is -2.38. The molecule has 170 valence electrons. The van der Waals surface area contributed by atoms with Crippen molar-refractivity contribution in [3.8, 4) is 17.2 Å². The molecule has 0 radical (unpaired) electrons. The normalized spacial score (nSPS) is 12.8. The Morgan fingerprint density at radius 3 is 2.68 bits per heavy atom. The number of nitrogens with zero attached hydrogens (tertiary/aromatic N) is 1. The van der Waals surface area contributed by atoms with Crippen LogP contribution in [0.4, 0.5) is 4.39 Å². The summed E-state index contributed by atoms with van der Waals surface area (Å²) in [6.07, 6.45) is 0.598. The summed E-state index contributed by atoms with van der Waals surface area (Å²) in [6.45, 7) is 4.35. The van der Waals surface area contributed by atoms with Crippen LogP contribution >= 0.6 is 24.0 Å². The largest absolute Gasteiger partial charge is 0.493 e. The molecular weight excluding hydrogens is 516 g/mol. The Balaban J connectivity index is 0.00000341. The summed E-state index contributed by atoms with van der Waals surface area (Å²) in [5.74, 6) is 2.47. The SMILES string of the molecule is CCNC(=NCc1ccc(OC)c(OC)c1)NCCc1cc(F)cc2c1OCOC2.I. The van der Waals surface area contributed by atoms with Crippen LogP contribution in [0, 0.1) is 5.82 Å². The fourth-order valence-electron chi connectivity index (χ4n) is 3.25. The van der Waals surface area contributed by atoms with Gasteiger partial charge in [-0.05, 0) is 48.7 Å². The Kier molecular flexibility index (Phi) is 10.1. The van der Waals surface area contributed by atoms with Gasteiger partial charge in [-0.15, -0.1) is 24.0 Å². The van der Waals surface area contributed by atoms with Crippen molar-refractivity contribution >= 4 is 29.9 Å². The van der Waals surface area contributed by atoms with Crippen LogP contribution < -0.4 is 24.8 Å². The minimum atomic E-state index is -0.285. The Bertz CT molecular complexity index is 895. The molecule has 0 bridgehead atoms. The van der Waals surface area contributed by atoms with Gasteiger partial charge in [0.15, 0.2) is 24.3 Å². The lowest BCUT2D eigenvalue weighted by molar-refractivity contribution is -0.0172. The molecule has 0 saturated heterocycles. The van der Waals surface area contributed by atoms with Crippen LogP contribution in [0.15, 0.2) is 35.3 Å². The van der Waals surface area contributed by atoms with E-state index in [1.54, 1.807) is 14.2 Å². The van der Waals surface area contributed by atoms with E-state index in [-0.39, 0.29) is 36.6 Å². The maximum Gasteiger partial charge on any atom is 0.191 e. The first-order valence-electron chi connectivity index (χ1n) is 9.89. The predicted octanol–water partition coefficient (Wildman–Crippen LogP) is 3.63. The highest BCUT2D eigenvalue weighted by molar-refractivity contribution is 14.0. The van der Waals surface area contributed by atoms with Crippen LogP contribution in [0.25, 0.3) is 0 Å². The first-order chi connectivity index (χ1) is 14.6. The highest BCUT2D eigenvalue weighted by Gasteiger charge is 2.16. The molecule has 0 aromatic heterocycles. The zero-order chi connectivity index (χ0) is 21.3. The zero-order valence-electron chi connectivity index (χ0n) is 18.0. The van der Waals surface area contributed by atoms with E-state index >= 15 is 0 Å². The van der Waals surface area contributed by atoms with E-state index in [4.69, 9.17) is 18.9 Å². The van der Waals surface area contributed by atoms with Crippen LogP contribution in [0.2, 0.25) is 0 Å². The van der Waals surface area contributed by atoms with Crippen LogP contribution in [0.5, 0.6) is 17.2 Å². The predicted molar refractivity (Wildman–Crippen MR) is 128 cm³/mol. The Hall–Kier alpha value is -2.27. The zero-order valence-corrected chi connectivity index (χ0v) is 20.3. The lowest BCUT2D eigenvalue weighted by Gasteiger charge is -2.21. The second-order valence-corrected chi connectivity index (χ2v) is 6.73. The molecule has 2 N–H and O–H groups in total. The van der Waals surface area contributed by atoms with Crippen molar-refractivity contribution in [3.05, 3.63) is 52.8 Å². The maximum absolute atomic E-state index is 13.9. The molecule has 1 aliphatic rings. The van der Waals surface area contributed by atoms with E-state index in [1.165, 1.54) is 12.1 Å². The summed E-state index contributed by atoms with van der Waals surface area (Å²) in [7, 11) is 3.22. The molecular formula is C22H29FIN3O4. The maximum atomic E-state index is 13.9. The number of fused-ring (bicyclic) bond motifs is 1. The molecule has 0 unspecified atom stereocenters. The molecule has 9 heteroatoms. The van der Waals surface area contributed by atoms with Gasteiger partial charge in [-0.25, -0.2) is 9.38 Å². The second kappa shape index (κ2) is 12.6. The molecule has 0 amide bonds. The number of hydrogen-bond donors (Lipinski definition) is 2. The molecule has 1 aliphatic heterocycles. The van der Waals surface area contributed by atoms with Crippen LogP contribution in [-0.4, -0.2) is 40.1 Å². The third-order valence-corrected chi connectivity index (χ3v) is 4.65. The number of methoxy groups -OCH3 is 2. The minimum absolute atomic E-state index is 0. The highest BCUT2D eigenvalue weighted by Crippen LogP contribution is 2.30. The summed E-state index contributed by atoms with van der Waals surface area (Å²) in [5.41, 5.74) is 2.55. The van der Waals surface area contributed by atoms with Gasteiger partial charge in [0, 0.05) is 18.7 Å². The van der Waals surface area contributed by atoms with E-state index in [0.717, 1.165) is 29.0 Å². The molecule has 0 fully saturated rings. The number of benzene rings is 2. The Labute approximate surface area is 199 Å². The summed E-state index contributed by atoms with van der Waals surface area (Å²) in [4.78, 5) is 4.62. The summed E-state index contributed by atoms with van der Waals surface area (Å²) in [5, 5.41) is 6.51. The number of halogens is 2. The van der Waals surface area contributed by atoms with E-state index in [2.05, 4.69) is 15.6 Å². The number of rotatable bonds is 8. The topological polar surface area (TPSA) is 73.3 Å². The van der Waals surface area contributed by atoms with Crippen molar-refractivity contribution < 1.29 is 23.3 Å². The molecule has 7 nitrogen and oxygen atoms in total. The van der Waals surface area contributed by atoms with Gasteiger partial charge in [0.1, 0.15) is 11.6 Å². The average molecular weight is 545 g/mol. The fourth-order valence-corrected chi connectivity index (χ4v) is 3.25. The van der Waals surface area contributed by atoms with Crippen molar-refractivity contribution in [2.45, 2.75) is 26.5 Å². The molecule has 0 spiro atoms. The monoisotopic (exact) mass is 545 g/mol. The molecule has 31 heavy (non-hydrogen) atoms. The Morgan fingerprint density at radius 1 is 1.13 bits per heavy atom. The minimum Gasteiger partial charge on any atom is -0.493 e. The van der Waals surface area contributed by atoms with Crippen LogP contribution in [-0.2, 0) is 24.3 Å². The first-order valence-corrected chi connectivity index (χ1v) is 9.89. The summed E-state index contributed by atoms with van der Waals surface area (Å²) >= 11 is 0.